The van der Waals surface area contributed by atoms with Gasteiger partial charge >= 0.3 is 0 Å². The van der Waals surface area contributed by atoms with Crippen LogP contribution in [0.25, 0.3) is 5.76 Å². The third-order valence-corrected chi connectivity index (χ3v) is 6.06. The van der Waals surface area contributed by atoms with Gasteiger partial charge in [0.25, 0.3) is 11.7 Å². The average Bonchev–Trinajstić information content (AvgIpc) is 3.07. The minimum absolute atomic E-state index is 0.101. The zero-order chi connectivity index (χ0) is 25.9. The van der Waals surface area contributed by atoms with E-state index in [0.29, 0.717) is 36.8 Å². The molecule has 1 heterocycles. The molecule has 1 atom stereocenters. The van der Waals surface area contributed by atoms with Crippen LogP contribution in [0.5, 0.6) is 11.5 Å². The number of benzene rings is 2. The molecule has 0 radical (unpaired) electrons. The Bertz CT molecular complexity index is 1110. The van der Waals surface area contributed by atoms with Crippen molar-refractivity contribution in [3.8, 4) is 11.5 Å². The van der Waals surface area contributed by atoms with Crippen LogP contribution in [-0.4, -0.2) is 42.0 Å². The van der Waals surface area contributed by atoms with Gasteiger partial charge < -0.3 is 19.5 Å². The van der Waals surface area contributed by atoms with Crippen LogP contribution >= 0.6 is 0 Å². The lowest BCUT2D eigenvalue weighted by atomic mass is 9.84. The smallest absolute Gasteiger partial charge is 0.295 e. The molecule has 0 aliphatic carbocycles. The van der Waals surface area contributed by atoms with Gasteiger partial charge in [-0.3, -0.25) is 9.59 Å². The average molecular weight is 480 g/mol. The summed E-state index contributed by atoms with van der Waals surface area (Å²) >= 11 is 0. The van der Waals surface area contributed by atoms with Crippen LogP contribution in [0.2, 0.25) is 0 Å². The van der Waals surface area contributed by atoms with E-state index in [1.54, 1.807) is 24.1 Å². The number of aliphatic hydroxyl groups is 1. The van der Waals surface area contributed by atoms with Crippen molar-refractivity contribution in [2.75, 3.05) is 20.3 Å². The van der Waals surface area contributed by atoms with Crippen molar-refractivity contribution in [3.63, 3.8) is 0 Å². The highest BCUT2D eigenvalue weighted by Gasteiger charge is 2.45. The largest absolute Gasteiger partial charge is 0.507 e. The van der Waals surface area contributed by atoms with E-state index in [2.05, 4.69) is 34.6 Å². The van der Waals surface area contributed by atoms with Gasteiger partial charge in [-0.05, 0) is 53.6 Å². The fourth-order valence-corrected chi connectivity index (χ4v) is 4.30. The topological polar surface area (TPSA) is 76.1 Å². The van der Waals surface area contributed by atoms with Crippen molar-refractivity contribution in [3.05, 3.63) is 64.7 Å². The number of hydrogen-bond donors (Lipinski definition) is 1. The van der Waals surface area contributed by atoms with Gasteiger partial charge in [0.05, 0.1) is 25.3 Å². The molecule has 6 heteroatoms. The molecule has 1 fully saturated rings. The van der Waals surface area contributed by atoms with Gasteiger partial charge in [-0.2, -0.15) is 0 Å². The second-order valence-corrected chi connectivity index (χ2v) is 10.4. The molecule has 2 aromatic rings. The van der Waals surface area contributed by atoms with Crippen LogP contribution in [-0.2, 0) is 15.0 Å². The number of methoxy groups -OCH3 is 1. The first-order valence-corrected chi connectivity index (χ1v) is 12.2. The Balaban J connectivity index is 2.12. The lowest BCUT2D eigenvalue weighted by molar-refractivity contribution is -0.139. The lowest BCUT2D eigenvalue weighted by Crippen LogP contribution is -2.30. The highest BCUT2D eigenvalue weighted by molar-refractivity contribution is 6.46. The van der Waals surface area contributed by atoms with Crippen molar-refractivity contribution in [1.29, 1.82) is 0 Å². The first kappa shape index (κ1) is 26.3. The SMILES string of the molecule is CCCN1C(=O)C(=O)/C(=C(\O)c2ccc(OC)c(C(C)(C)C)c2)C1c1ccc(OCC(C)C)cc1. The van der Waals surface area contributed by atoms with Crippen LogP contribution < -0.4 is 9.47 Å². The Hall–Kier alpha value is -3.28. The minimum Gasteiger partial charge on any atom is -0.507 e. The van der Waals surface area contributed by atoms with E-state index < -0.39 is 17.7 Å². The van der Waals surface area contributed by atoms with E-state index in [9.17, 15) is 14.7 Å². The predicted molar refractivity (Wildman–Crippen MR) is 138 cm³/mol. The first-order chi connectivity index (χ1) is 16.5. The molecule has 0 bridgehead atoms. The van der Waals surface area contributed by atoms with E-state index in [1.807, 2.05) is 37.3 Å². The molecule has 2 aromatic carbocycles. The number of ketones is 1. The second-order valence-electron chi connectivity index (χ2n) is 10.4. The van der Waals surface area contributed by atoms with Crippen LogP contribution in [0.1, 0.15) is 70.7 Å². The number of ether oxygens (including phenoxy) is 2. The molecule has 1 amide bonds. The van der Waals surface area contributed by atoms with Crippen molar-refractivity contribution in [2.45, 2.75) is 59.4 Å². The molecule has 1 unspecified atom stereocenters. The molecule has 1 aliphatic rings. The zero-order valence-corrected chi connectivity index (χ0v) is 21.8. The number of rotatable bonds is 8. The van der Waals surface area contributed by atoms with E-state index in [1.165, 1.54) is 0 Å². The maximum absolute atomic E-state index is 13.2. The fraction of sp³-hybridized carbons (Fsp3) is 0.448. The van der Waals surface area contributed by atoms with Gasteiger partial charge in [-0.1, -0.05) is 53.7 Å². The van der Waals surface area contributed by atoms with Crippen LogP contribution in [0.3, 0.4) is 0 Å². The second kappa shape index (κ2) is 10.5. The molecule has 0 saturated carbocycles. The molecular weight excluding hydrogens is 442 g/mol. The van der Waals surface area contributed by atoms with E-state index in [-0.39, 0.29) is 16.7 Å². The molecule has 0 spiro atoms. The van der Waals surface area contributed by atoms with Crippen LogP contribution in [0.15, 0.2) is 48.0 Å². The number of carbonyl (C=O) groups excluding carboxylic acids is 2. The standard InChI is InChI=1S/C29H37NO5/c1-8-15-30-25(19-9-12-21(13-10-19)35-17-18(2)3)24(27(32)28(30)33)26(31)20-11-14-23(34-7)22(16-20)29(4,5)6/h9-14,16,18,25,31H,8,15,17H2,1-7H3/b26-24-. The molecule has 0 aromatic heterocycles. The third-order valence-electron chi connectivity index (χ3n) is 6.06. The molecule has 1 N–H and O–H groups in total. The number of hydrogen-bond acceptors (Lipinski definition) is 5. The first-order valence-electron chi connectivity index (χ1n) is 12.2. The summed E-state index contributed by atoms with van der Waals surface area (Å²) in [6, 6.07) is 12.1. The van der Waals surface area contributed by atoms with Crippen molar-refractivity contribution < 1.29 is 24.2 Å². The molecule has 1 aliphatic heterocycles. The summed E-state index contributed by atoms with van der Waals surface area (Å²) in [5.41, 5.74) is 1.98. The van der Waals surface area contributed by atoms with Crippen molar-refractivity contribution in [1.82, 2.24) is 4.90 Å². The molecule has 1 saturated heterocycles. The third kappa shape index (κ3) is 5.53. The quantitative estimate of drug-likeness (QED) is 0.292. The maximum atomic E-state index is 13.2. The van der Waals surface area contributed by atoms with E-state index in [0.717, 1.165) is 16.9 Å². The predicted octanol–water partition coefficient (Wildman–Crippen LogP) is 5.86. The highest BCUT2D eigenvalue weighted by Crippen LogP contribution is 2.41. The maximum Gasteiger partial charge on any atom is 0.295 e. The Labute approximate surface area is 208 Å². The number of nitrogens with zero attached hydrogens (tertiary/aromatic N) is 1. The summed E-state index contributed by atoms with van der Waals surface area (Å²) < 4.78 is 11.3. The lowest BCUT2D eigenvalue weighted by Gasteiger charge is -2.25. The fourth-order valence-electron chi connectivity index (χ4n) is 4.30. The molecule has 6 nitrogen and oxygen atoms in total. The summed E-state index contributed by atoms with van der Waals surface area (Å²) in [6.07, 6.45) is 0.690. The van der Waals surface area contributed by atoms with Gasteiger partial charge in [0.1, 0.15) is 17.3 Å². The number of likely N-dealkylation sites (tertiary alicyclic amines) is 1. The van der Waals surface area contributed by atoms with Gasteiger partial charge in [0.15, 0.2) is 0 Å². The molecule has 3 rings (SSSR count). The molecular formula is C29H37NO5. The molecule has 188 valence electrons. The summed E-state index contributed by atoms with van der Waals surface area (Å²) in [7, 11) is 1.61. The summed E-state index contributed by atoms with van der Waals surface area (Å²) in [5, 5.41) is 11.4. The zero-order valence-electron chi connectivity index (χ0n) is 21.8. The number of aliphatic hydroxyl groups excluding tert-OH is 1. The van der Waals surface area contributed by atoms with Gasteiger partial charge in [-0.25, -0.2) is 0 Å². The summed E-state index contributed by atoms with van der Waals surface area (Å²) in [4.78, 5) is 27.7. The summed E-state index contributed by atoms with van der Waals surface area (Å²) in [5.74, 6) is 0.375. The Morgan fingerprint density at radius 1 is 1.09 bits per heavy atom. The van der Waals surface area contributed by atoms with E-state index in [4.69, 9.17) is 9.47 Å². The van der Waals surface area contributed by atoms with Gasteiger partial charge in [-0.15, -0.1) is 0 Å². The Morgan fingerprint density at radius 2 is 1.74 bits per heavy atom. The minimum atomic E-state index is -0.672. The van der Waals surface area contributed by atoms with Crippen LogP contribution in [0, 0.1) is 5.92 Å². The Kier molecular flexibility index (Phi) is 7.93. The van der Waals surface area contributed by atoms with Crippen molar-refractivity contribution in [2.24, 2.45) is 5.92 Å². The van der Waals surface area contributed by atoms with E-state index >= 15 is 0 Å². The number of carbonyl (C=O) groups is 2. The van der Waals surface area contributed by atoms with Gasteiger partial charge in [0, 0.05) is 17.7 Å². The monoisotopic (exact) mass is 479 g/mol. The molecule has 35 heavy (non-hydrogen) atoms. The number of amides is 1. The Morgan fingerprint density at radius 3 is 2.29 bits per heavy atom. The van der Waals surface area contributed by atoms with Crippen LogP contribution in [0.4, 0.5) is 0 Å². The highest BCUT2D eigenvalue weighted by atomic mass is 16.5. The van der Waals surface area contributed by atoms with Crippen molar-refractivity contribution >= 4 is 17.4 Å². The number of Topliss-reactive ketones (excluding diaryl/α,β-unsaturated/α-hetero) is 1. The van der Waals surface area contributed by atoms with Gasteiger partial charge in [0.2, 0.25) is 0 Å². The summed E-state index contributed by atoms with van der Waals surface area (Å²) in [6.45, 7) is 13.3. The normalized spacial score (nSPS) is 17.8.